The lowest BCUT2D eigenvalue weighted by Crippen LogP contribution is -1.83. The zero-order chi connectivity index (χ0) is 9.56. The fourth-order valence-corrected chi connectivity index (χ4v) is 1.23. The van der Waals surface area contributed by atoms with Crippen molar-refractivity contribution in [2.45, 2.75) is 13.8 Å². The van der Waals surface area contributed by atoms with Crippen LogP contribution in [0.2, 0.25) is 10.0 Å². The van der Waals surface area contributed by atoms with E-state index in [1.54, 1.807) is 18.2 Å². The summed E-state index contributed by atoms with van der Waals surface area (Å²) < 4.78 is 4.91. The zero-order valence-corrected chi connectivity index (χ0v) is 8.91. The highest BCUT2D eigenvalue weighted by Gasteiger charge is 2.02. The van der Waals surface area contributed by atoms with Crippen LogP contribution in [0.5, 0.6) is 5.75 Å². The molecule has 68 valence electrons. The van der Waals surface area contributed by atoms with Gasteiger partial charge in [-0.25, -0.2) is 0 Å². The van der Waals surface area contributed by atoms with Crippen molar-refractivity contribution in [1.82, 2.24) is 0 Å². The Labute approximate surface area is 83.3 Å². The van der Waals surface area contributed by atoms with Crippen LogP contribution >= 0.6 is 23.2 Å². The van der Waals surface area contributed by atoms with Gasteiger partial charge in [-0.2, -0.15) is 0 Å². The molecule has 0 saturated carbocycles. The quantitative estimate of drug-likeness (QED) is 0.675. The molecule has 0 aliphatic carbocycles. The summed E-state index contributed by atoms with van der Waals surface area (Å²) in [5.74, 6) is 0.533. The largest absolute Gasteiger partial charge is 0.494 e. The van der Waals surface area contributed by atoms with Gasteiger partial charge in [-0.3, -0.25) is 0 Å². The maximum absolute atomic E-state index is 5.72. The molecule has 1 aromatic carbocycles. The SMILES string of the molecule is CC.COc1c(Cl)cccc1Cl. The van der Waals surface area contributed by atoms with Crippen molar-refractivity contribution in [3.8, 4) is 5.75 Å². The molecule has 0 saturated heterocycles. The summed E-state index contributed by atoms with van der Waals surface area (Å²) >= 11 is 11.4. The first-order valence-electron chi connectivity index (χ1n) is 3.73. The smallest absolute Gasteiger partial charge is 0.156 e. The number of para-hydroxylation sites is 1. The first-order valence-corrected chi connectivity index (χ1v) is 4.49. The second-order valence-electron chi connectivity index (χ2n) is 1.75. The summed E-state index contributed by atoms with van der Waals surface area (Å²) in [6.45, 7) is 4.00. The lowest BCUT2D eigenvalue weighted by Gasteiger charge is -2.02. The number of hydrogen-bond acceptors (Lipinski definition) is 1. The molecule has 0 aliphatic heterocycles. The lowest BCUT2D eigenvalue weighted by molar-refractivity contribution is 0.415. The lowest BCUT2D eigenvalue weighted by atomic mass is 10.3. The van der Waals surface area contributed by atoms with E-state index in [1.807, 2.05) is 13.8 Å². The van der Waals surface area contributed by atoms with E-state index >= 15 is 0 Å². The van der Waals surface area contributed by atoms with E-state index in [0.29, 0.717) is 15.8 Å². The Morgan fingerprint density at radius 3 is 1.75 bits per heavy atom. The average molecular weight is 207 g/mol. The summed E-state index contributed by atoms with van der Waals surface area (Å²) in [6.07, 6.45) is 0. The van der Waals surface area contributed by atoms with Crippen molar-refractivity contribution in [3.05, 3.63) is 28.2 Å². The molecule has 0 fully saturated rings. The molecule has 0 radical (unpaired) electrons. The highest BCUT2D eigenvalue weighted by Crippen LogP contribution is 2.31. The average Bonchev–Trinajstić information content (AvgIpc) is 2.08. The maximum atomic E-state index is 5.72. The predicted octanol–water partition coefficient (Wildman–Crippen LogP) is 4.03. The summed E-state index contributed by atoms with van der Waals surface area (Å²) in [7, 11) is 1.53. The van der Waals surface area contributed by atoms with E-state index in [1.165, 1.54) is 7.11 Å². The Balaban J connectivity index is 0.000000561. The number of rotatable bonds is 1. The van der Waals surface area contributed by atoms with Gasteiger partial charge in [-0.15, -0.1) is 0 Å². The number of ether oxygens (including phenoxy) is 1. The summed E-state index contributed by atoms with van der Waals surface area (Å²) in [6, 6.07) is 5.23. The van der Waals surface area contributed by atoms with Gasteiger partial charge in [0.15, 0.2) is 5.75 Å². The topological polar surface area (TPSA) is 9.23 Å². The van der Waals surface area contributed by atoms with Gasteiger partial charge in [0.25, 0.3) is 0 Å². The van der Waals surface area contributed by atoms with Gasteiger partial charge in [0.1, 0.15) is 0 Å². The third-order valence-electron chi connectivity index (χ3n) is 1.12. The minimum atomic E-state index is 0.533. The minimum Gasteiger partial charge on any atom is -0.494 e. The summed E-state index contributed by atoms with van der Waals surface area (Å²) in [4.78, 5) is 0. The molecule has 0 bridgehead atoms. The molecule has 0 N–H and O–H groups in total. The summed E-state index contributed by atoms with van der Waals surface area (Å²) in [5.41, 5.74) is 0. The van der Waals surface area contributed by atoms with Crippen molar-refractivity contribution in [2.24, 2.45) is 0 Å². The Morgan fingerprint density at radius 2 is 1.50 bits per heavy atom. The van der Waals surface area contributed by atoms with E-state index in [0.717, 1.165) is 0 Å². The molecule has 0 aliphatic rings. The molecule has 0 amide bonds. The van der Waals surface area contributed by atoms with Crippen molar-refractivity contribution >= 4 is 23.2 Å². The Kier molecular flexibility index (Phi) is 5.95. The van der Waals surface area contributed by atoms with Crippen LogP contribution in [-0.4, -0.2) is 7.11 Å². The fourth-order valence-electron chi connectivity index (χ4n) is 0.678. The standard InChI is InChI=1S/C7H6Cl2O.C2H6/c1-10-7-5(8)3-2-4-6(7)9;1-2/h2-4H,1H3;1-2H3. The van der Waals surface area contributed by atoms with Crippen LogP contribution in [0.1, 0.15) is 13.8 Å². The molecule has 0 atom stereocenters. The summed E-state index contributed by atoms with van der Waals surface area (Å²) in [5, 5.41) is 1.07. The number of hydrogen-bond donors (Lipinski definition) is 0. The van der Waals surface area contributed by atoms with Crippen LogP contribution in [0.15, 0.2) is 18.2 Å². The molecule has 1 nitrogen and oxygen atoms in total. The van der Waals surface area contributed by atoms with Crippen LogP contribution < -0.4 is 4.74 Å². The van der Waals surface area contributed by atoms with Crippen molar-refractivity contribution < 1.29 is 4.74 Å². The van der Waals surface area contributed by atoms with E-state index in [9.17, 15) is 0 Å². The normalized spacial score (nSPS) is 8.42. The van der Waals surface area contributed by atoms with E-state index < -0.39 is 0 Å². The number of benzene rings is 1. The molecule has 1 aromatic rings. The van der Waals surface area contributed by atoms with Crippen molar-refractivity contribution in [3.63, 3.8) is 0 Å². The molecule has 3 heteroatoms. The highest BCUT2D eigenvalue weighted by atomic mass is 35.5. The minimum absolute atomic E-state index is 0.533. The molecule has 12 heavy (non-hydrogen) atoms. The third-order valence-corrected chi connectivity index (χ3v) is 1.72. The molecule has 0 aromatic heterocycles. The number of halogens is 2. The molecule has 0 heterocycles. The van der Waals surface area contributed by atoms with E-state index in [-0.39, 0.29) is 0 Å². The van der Waals surface area contributed by atoms with Gasteiger partial charge in [-0.05, 0) is 12.1 Å². The second kappa shape index (κ2) is 6.15. The van der Waals surface area contributed by atoms with Gasteiger partial charge in [0.2, 0.25) is 0 Å². The van der Waals surface area contributed by atoms with Crippen LogP contribution in [0.25, 0.3) is 0 Å². The first kappa shape index (κ1) is 11.6. The first-order chi connectivity index (χ1) is 5.75. The van der Waals surface area contributed by atoms with Gasteiger partial charge >= 0.3 is 0 Å². The predicted molar refractivity (Wildman–Crippen MR) is 54.4 cm³/mol. The van der Waals surface area contributed by atoms with Crippen LogP contribution in [0.4, 0.5) is 0 Å². The van der Waals surface area contributed by atoms with E-state index in [4.69, 9.17) is 27.9 Å². The van der Waals surface area contributed by atoms with Crippen molar-refractivity contribution in [1.29, 1.82) is 0 Å². The maximum Gasteiger partial charge on any atom is 0.156 e. The van der Waals surface area contributed by atoms with Gasteiger partial charge < -0.3 is 4.74 Å². The Bertz CT molecular complexity index is 216. The second-order valence-corrected chi connectivity index (χ2v) is 2.57. The van der Waals surface area contributed by atoms with Crippen LogP contribution in [0, 0.1) is 0 Å². The molecule has 0 unspecified atom stereocenters. The monoisotopic (exact) mass is 206 g/mol. The fraction of sp³-hybridized carbons (Fsp3) is 0.333. The van der Waals surface area contributed by atoms with Crippen molar-refractivity contribution in [2.75, 3.05) is 7.11 Å². The van der Waals surface area contributed by atoms with E-state index in [2.05, 4.69) is 0 Å². The Morgan fingerprint density at radius 1 is 1.08 bits per heavy atom. The van der Waals surface area contributed by atoms with Crippen LogP contribution in [0.3, 0.4) is 0 Å². The molecular weight excluding hydrogens is 195 g/mol. The molecule has 0 spiro atoms. The van der Waals surface area contributed by atoms with Gasteiger partial charge in [-0.1, -0.05) is 43.1 Å². The van der Waals surface area contributed by atoms with Gasteiger partial charge in [0, 0.05) is 0 Å². The van der Waals surface area contributed by atoms with Crippen LogP contribution in [-0.2, 0) is 0 Å². The zero-order valence-electron chi connectivity index (χ0n) is 7.40. The molecule has 1 rings (SSSR count). The number of methoxy groups -OCH3 is 1. The highest BCUT2D eigenvalue weighted by molar-refractivity contribution is 6.37. The van der Waals surface area contributed by atoms with Gasteiger partial charge in [0.05, 0.1) is 17.2 Å². The molecular formula is C9H12Cl2O. The third kappa shape index (κ3) is 2.92. The Hall–Kier alpha value is -0.400.